The highest BCUT2D eigenvalue weighted by molar-refractivity contribution is 5.94. The highest BCUT2D eigenvalue weighted by Crippen LogP contribution is 2.08. The lowest BCUT2D eigenvalue weighted by Gasteiger charge is -2.26. The SMILES string of the molecule is CCC(C)C(NC(=O)C(C)N)C(=O)NC(CO)C(=O)NC(C)C(=O)O. The second-order valence-corrected chi connectivity index (χ2v) is 5.97. The number of rotatable bonds is 10. The molecule has 0 rings (SSSR count). The van der Waals surface area contributed by atoms with Crippen LogP contribution in [-0.4, -0.2) is 64.7 Å². The Morgan fingerprint density at radius 3 is 1.92 bits per heavy atom. The number of nitrogens with two attached hydrogens (primary N) is 1. The third kappa shape index (κ3) is 7.48. The van der Waals surface area contributed by atoms with E-state index in [1.54, 1.807) is 6.92 Å². The third-order valence-electron chi connectivity index (χ3n) is 3.75. The van der Waals surface area contributed by atoms with Crippen LogP contribution < -0.4 is 21.7 Å². The van der Waals surface area contributed by atoms with E-state index in [0.29, 0.717) is 6.42 Å². The normalized spacial score (nSPS) is 16.7. The fourth-order valence-electron chi connectivity index (χ4n) is 1.82. The molecule has 0 heterocycles. The van der Waals surface area contributed by atoms with Gasteiger partial charge in [0.15, 0.2) is 0 Å². The predicted octanol–water partition coefficient (Wildman–Crippen LogP) is -2.07. The average molecular weight is 360 g/mol. The van der Waals surface area contributed by atoms with Gasteiger partial charge in [0.05, 0.1) is 12.6 Å². The zero-order chi connectivity index (χ0) is 19.7. The van der Waals surface area contributed by atoms with Gasteiger partial charge >= 0.3 is 5.97 Å². The molecule has 144 valence electrons. The lowest BCUT2D eigenvalue weighted by atomic mass is 9.97. The van der Waals surface area contributed by atoms with E-state index in [1.165, 1.54) is 13.8 Å². The maximum Gasteiger partial charge on any atom is 0.325 e. The van der Waals surface area contributed by atoms with E-state index in [0.717, 1.165) is 0 Å². The number of carboxylic acids is 1. The zero-order valence-electron chi connectivity index (χ0n) is 14.9. The summed E-state index contributed by atoms with van der Waals surface area (Å²) in [5.41, 5.74) is 5.48. The van der Waals surface area contributed by atoms with Gasteiger partial charge in [-0.1, -0.05) is 20.3 Å². The van der Waals surface area contributed by atoms with Gasteiger partial charge in [0.25, 0.3) is 0 Å². The van der Waals surface area contributed by atoms with Crippen molar-refractivity contribution in [3.05, 3.63) is 0 Å². The van der Waals surface area contributed by atoms with E-state index in [2.05, 4.69) is 16.0 Å². The van der Waals surface area contributed by atoms with Gasteiger partial charge in [-0.15, -0.1) is 0 Å². The van der Waals surface area contributed by atoms with Crippen LogP contribution in [0.1, 0.15) is 34.1 Å². The molecule has 0 saturated carbocycles. The minimum absolute atomic E-state index is 0.247. The van der Waals surface area contributed by atoms with Crippen molar-refractivity contribution in [2.24, 2.45) is 11.7 Å². The Hall–Kier alpha value is -2.20. The summed E-state index contributed by atoms with van der Waals surface area (Å²) < 4.78 is 0. The molecule has 0 saturated heterocycles. The Labute approximate surface area is 146 Å². The maximum absolute atomic E-state index is 12.4. The molecule has 0 aliphatic rings. The predicted molar refractivity (Wildman–Crippen MR) is 89.3 cm³/mol. The number of carbonyl (C=O) groups is 4. The first kappa shape index (κ1) is 22.8. The number of amides is 3. The van der Waals surface area contributed by atoms with Crippen LogP contribution in [0.15, 0.2) is 0 Å². The van der Waals surface area contributed by atoms with Crippen molar-refractivity contribution in [3.8, 4) is 0 Å². The molecule has 0 aromatic carbocycles. The smallest absolute Gasteiger partial charge is 0.325 e. The first-order valence-electron chi connectivity index (χ1n) is 8.05. The number of hydrogen-bond acceptors (Lipinski definition) is 6. The van der Waals surface area contributed by atoms with Crippen molar-refractivity contribution in [3.63, 3.8) is 0 Å². The molecule has 0 aliphatic heterocycles. The molecular formula is C15H28N4O6. The van der Waals surface area contributed by atoms with Crippen LogP contribution in [-0.2, 0) is 19.2 Å². The molecule has 5 atom stereocenters. The van der Waals surface area contributed by atoms with Crippen LogP contribution in [0.3, 0.4) is 0 Å². The molecule has 0 bridgehead atoms. The molecular weight excluding hydrogens is 332 g/mol. The summed E-state index contributed by atoms with van der Waals surface area (Å²) in [4.78, 5) is 46.9. The number of nitrogens with one attached hydrogen (secondary N) is 3. The summed E-state index contributed by atoms with van der Waals surface area (Å²) in [6.07, 6.45) is 0.573. The monoisotopic (exact) mass is 360 g/mol. The minimum atomic E-state index is -1.34. The van der Waals surface area contributed by atoms with Crippen molar-refractivity contribution in [2.75, 3.05) is 6.61 Å². The molecule has 3 amide bonds. The molecule has 0 fully saturated rings. The summed E-state index contributed by atoms with van der Waals surface area (Å²) in [7, 11) is 0. The van der Waals surface area contributed by atoms with Gasteiger partial charge in [-0.05, 0) is 19.8 Å². The zero-order valence-corrected chi connectivity index (χ0v) is 14.9. The van der Waals surface area contributed by atoms with Crippen molar-refractivity contribution < 1.29 is 29.4 Å². The standard InChI is InChI=1S/C15H28N4O6/c1-5-7(2)11(19-12(21)8(3)16)14(23)18-10(6-20)13(22)17-9(4)15(24)25/h7-11,20H,5-6,16H2,1-4H3,(H,17,22)(H,18,23)(H,19,21)(H,24,25). The Kier molecular flexibility index (Phi) is 9.69. The van der Waals surface area contributed by atoms with Crippen molar-refractivity contribution in [2.45, 2.75) is 58.3 Å². The summed E-state index contributed by atoms with van der Waals surface area (Å²) in [5, 5.41) is 25.1. The highest BCUT2D eigenvalue weighted by Gasteiger charge is 2.30. The van der Waals surface area contributed by atoms with Crippen LogP contribution in [0.25, 0.3) is 0 Å². The van der Waals surface area contributed by atoms with Gasteiger partial charge < -0.3 is 31.9 Å². The van der Waals surface area contributed by atoms with Crippen LogP contribution in [0.4, 0.5) is 0 Å². The Balaban J connectivity index is 5.07. The number of carbonyl (C=O) groups excluding carboxylic acids is 3. The van der Waals surface area contributed by atoms with Crippen LogP contribution >= 0.6 is 0 Å². The van der Waals surface area contributed by atoms with Gasteiger partial charge in [0.2, 0.25) is 17.7 Å². The van der Waals surface area contributed by atoms with Gasteiger partial charge in [0.1, 0.15) is 18.1 Å². The highest BCUT2D eigenvalue weighted by atomic mass is 16.4. The largest absolute Gasteiger partial charge is 0.480 e. The molecule has 10 heteroatoms. The van der Waals surface area contributed by atoms with Gasteiger partial charge in [-0.25, -0.2) is 0 Å². The van der Waals surface area contributed by atoms with Crippen LogP contribution in [0, 0.1) is 5.92 Å². The molecule has 0 aromatic heterocycles. The topological polar surface area (TPSA) is 171 Å². The second kappa shape index (κ2) is 10.6. The first-order chi connectivity index (χ1) is 11.5. The fraction of sp³-hybridized carbons (Fsp3) is 0.733. The lowest BCUT2D eigenvalue weighted by Crippen LogP contribution is -2.59. The number of aliphatic carboxylic acids is 1. The Morgan fingerprint density at radius 1 is 0.960 bits per heavy atom. The van der Waals surface area contributed by atoms with Gasteiger partial charge in [-0.2, -0.15) is 0 Å². The van der Waals surface area contributed by atoms with Crippen molar-refractivity contribution in [1.29, 1.82) is 0 Å². The summed E-state index contributed by atoms with van der Waals surface area (Å²) >= 11 is 0. The van der Waals surface area contributed by atoms with E-state index in [9.17, 15) is 24.3 Å². The third-order valence-corrected chi connectivity index (χ3v) is 3.75. The molecule has 10 nitrogen and oxygen atoms in total. The fourth-order valence-corrected chi connectivity index (χ4v) is 1.82. The van der Waals surface area contributed by atoms with Gasteiger partial charge in [-0.3, -0.25) is 19.2 Å². The van der Waals surface area contributed by atoms with E-state index < -0.39 is 54.5 Å². The van der Waals surface area contributed by atoms with E-state index in [4.69, 9.17) is 10.8 Å². The first-order valence-corrected chi connectivity index (χ1v) is 8.05. The molecule has 0 aromatic rings. The maximum atomic E-state index is 12.4. The summed E-state index contributed by atoms with van der Waals surface area (Å²) in [5.74, 6) is -3.53. The van der Waals surface area contributed by atoms with Crippen LogP contribution in [0.5, 0.6) is 0 Å². The van der Waals surface area contributed by atoms with Gasteiger partial charge in [0, 0.05) is 0 Å². The number of carboxylic acid groups (broad SMARTS) is 1. The number of aliphatic hydroxyl groups excluding tert-OH is 1. The van der Waals surface area contributed by atoms with Crippen molar-refractivity contribution in [1.82, 2.24) is 16.0 Å². The minimum Gasteiger partial charge on any atom is -0.480 e. The lowest BCUT2D eigenvalue weighted by molar-refractivity contribution is -0.142. The van der Waals surface area contributed by atoms with E-state index >= 15 is 0 Å². The molecule has 0 aliphatic carbocycles. The Morgan fingerprint density at radius 2 is 1.52 bits per heavy atom. The summed E-state index contributed by atoms with van der Waals surface area (Å²) in [6.45, 7) is 5.57. The van der Waals surface area contributed by atoms with E-state index in [-0.39, 0.29) is 5.92 Å². The quantitative estimate of drug-likeness (QED) is 0.260. The molecule has 0 spiro atoms. The molecule has 5 unspecified atom stereocenters. The molecule has 0 radical (unpaired) electrons. The average Bonchev–Trinajstić information content (AvgIpc) is 2.55. The van der Waals surface area contributed by atoms with Crippen molar-refractivity contribution >= 4 is 23.7 Å². The Bertz CT molecular complexity index is 496. The van der Waals surface area contributed by atoms with E-state index in [1.807, 2.05) is 6.92 Å². The second-order valence-electron chi connectivity index (χ2n) is 5.97. The number of hydrogen-bond donors (Lipinski definition) is 6. The van der Waals surface area contributed by atoms with Crippen LogP contribution in [0.2, 0.25) is 0 Å². The number of aliphatic hydroxyl groups is 1. The summed E-state index contributed by atoms with van der Waals surface area (Å²) in [6, 6.07) is -4.27. The molecule has 7 N–H and O–H groups in total. The molecule has 25 heavy (non-hydrogen) atoms.